The fourth-order valence-electron chi connectivity index (χ4n) is 1.46. The highest BCUT2D eigenvalue weighted by atomic mass is 19.1. The Morgan fingerprint density at radius 2 is 2.19 bits per heavy atom. The first-order valence-corrected chi connectivity index (χ1v) is 4.74. The summed E-state index contributed by atoms with van der Waals surface area (Å²) in [4.78, 5) is 3.96. The van der Waals surface area contributed by atoms with Gasteiger partial charge in [-0.1, -0.05) is 0 Å². The Balaban J connectivity index is 2.46. The van der Waals surface area contributed by atoms with Gasteiger partial charge in [-0.3, -0.25) is 0 Å². The van der Waals surface area contributed by atoms with Gasteiger partial charge in [0.1, 0.15) is 17.3 Å². The molecule has 84 valence electrons. The first-order chi connectivity index (χ1) is 7.72. The Kier molecular flexibility index (Phi) is 2.96. The van der Waals surface area contributed by atoms with Crippen molar-refractivity contribution >= 4 is 0 Å². The van der Waals surface area contributed by atoms with Crippen molar-refractivity contribution in [3.8, 4) is 11.3 Å². The standard InChI is InChI=1S/C11H10F2N2O/c1-14-5-10-11(16-6-15-10)8-3-2-7(12)4-9(8)13/h2-4,6,14H,5H2,1H3. The second kappa shape index (κ2) is 4.40. The lowest BCUT2D eigenvalue weighted by Crippen LogP contribution is -2.06. The van der Waals surface area contributed by atoms with E-state index >= 15 is 0 Å². The van der Waals surface area contributed by atoms with Gasteiger partial charge in [0.05, 0.1) is 5.56 Å². The highest BCUT2D eigenvalue weighted by molar-refractivity contribution is 5.60. The smallest absolute Gasteiger partial charge is 0.181 e. The quantitative estimate of drug-likeness (QED) is 0.869. The van der Waals surface area contributed by atoms with Crippen molar-refractivity contribution in [1.82, 2.24) is 10.3 Å². The molecule has 0 bridgehead atoms. The van der Waals surface area contributed by atoms with Crippen LogP contribution in [0.15, 0.2) is 29.0 Å². The van der Waals surface area contributed by atoms with Crippen LogP contribution in [-0.4, -0.2) is 12.0 Å². The van der Waals surface area contributed by atoms with Gasteiger partial charge in [0.15, 0.2) is 12.2 Å². The lowest BCUT2D eigenvalue weighted by atomic mass is 10.1. The largest absolute Gasteiger partial charge is 0.443 e. The molecule has 0 radical (unpaired) electrons. The molecule has 2 aromatic rings. The van der Waals surface area contributed by atoms with Gasteiger partial charge >= 0.3 is 0 Å². The lowest BCUT2D eigenvalue weighted by molar-refractivity contribution is 0.553. The summed E-state index contributed by atoms with van der Waals surface area (Å²) in [6, 6.07) is 3.34. The molecule has 2 rings (SSSR count). The maximum Gasteiger partial charge on any atom is 0.181 e. The number of nitrogens with one attached hydrogen (secondary N) is 1. The maximum atomic E-state index is 13.5. The zero-order valence-electron chi connectivity index (χ0n) is 8.63. The highest BCUT2D eigenvalue weighted by Crippen LogP contribution is 2.26. The molecule has 0 amide bonds. The molecule has 0 fully saturated rings. The van der Waals surface area contributed by atoms with Gasteiger partial charge in [-0.2, -0.15) is 0 Å². The van der Waals surface area contributed by atoms with Crippen molar-refractivity contribution in [2.45, 2.75) is 6.54 Å². The van der Waals surface area contributed by atoms with E-state index in [9.17, 15) is 8.78 Å². The van der Waals surface area contributed by atoms with Crippen LogP contribution < -0.4 is 5.32 Å². The van der Waals surface area contributed by atoms with E-state index in [2.05, 4.69) is 10.3 Å². The summed E-state index contributed by atoms with van der Waals surface area (Å²) >= 11 is 0. The molecule has 1 aromatic heterocycles. The van der Waals surface area contributed by atoms with E-state index in [1.54, 1.807) is 7.05 Å². The second-order valence-corrected chi connectivity index (χ2v) is 3.28. The van der Waals surface area contributed by atoms with Gasteiger partial charge in [0, 0.05) is 12.6 Å². The SMILES string of the molecule is CNCc1ncoc1-c1ccc(F)cc1F. The Hall–Kier alpha value is -1.75. The van der Waals surface area contributed by atoms with Crippen LogP contribution in [0.2, 0.25) is 0 Å². The molecule has 0 aliphatic carbocycles. The molecule has 1 aromatic carbocycles. The third-order valence-electron chi connectivity index (χ3n) is 2.16. The van der Waals surface area contributed by atoms with Crippen LogP contribution in [0, 0.1) is 11.6 Å². The van der Waals surface area contributed by atoms with E-state index in [0.29, 0.717) is 18.0 Å². The molecule has 0 saturated carbocycles. The van der Waals surface area contributed by atoms with Gasteiger partial charge in [0.2, 0.25) is 0 Å². The third kappa shape index (κ3) is 1.94. The molecule has 1 heterocycles. The molecule has 0 atom stereocenters. The van der Waals surface area contributed by atoms with Crippen molar-refractivity contribution in [1.29, 1.82) is 0 Å². The first-order valence-electron chi connectivity index (χ1n) is 4.74. The minimum atomic E-state index is -0.658. The minimum Gasteiger partial charge on any atom is -0.443 e. The van der Waals surface area contributed by atoms with Crippen molar-refractivity contribution < 1.29 is 13.2 Å². The molecular formula is C11H10F2N2O. The Labute approximate surface area is 91.1 Å². The number of benzene rings is 1. The van der Waals surface area contributed by atoms with E-state index in [-0.39, 0.29) is 5.56 Å². The zero-order valence-corrected chi connectivity index (χ0v) is 8.63. The summed E-state index contributed by atoms with van der Waals surface area (Å²) in [5.41, 5.74) is 0.803. The molecule has 1 N–H and O–H groups in total. The highest BCUT2D eigenvalue weighted by Gasteiger charge is 2.14. The van der Waals surface area contributed by atoms with Crippen LogP contribution in [0.1, 0.15) is 5.69 Å². The molecule has 0 spiro atoms. The Morgan fingerprint density at radius 1 is 1.38 bits per heavy atom. The van der Waals surface area contributed by atoms with Crippen LogP contribution in [0.25, 0.3) is 11.3 Å². The number of hydrogen-bond donors (Lipinski definition) is 1. The van der Waals surface area contributed by atoms with Gasteiger partial charge < -0.3 is 9.73 Å². The average Bonchev–Trinajstić information content (AvgIpc) is 2.67. The van der Waals surface area contributed by atoms with Crippen molar-refractivity contribution in [2.24, 2.45) is 0 Å². The Bertz CT molecular complexity index is 496. The van der Waals surface area contributed by atoms with Crippen molar-refractivity contribution in [2.75, 3.05) is 7.05 Å². The van der Waals surface area contributed by atoms with Gasteiger partial charge in [-0.15, -0.1) is 0 Å². The van der Waals surface area contributed by atoms with Gasteiger partial charge in [-0.05, 0) is 19.2 Å². The summed E-state index contributed by atoms with van der Waals surface area (Å²) in [6.45, 7) is 0.461. The summed E-state index contributed by atoms with van der Waals surface area (Å²) in [7, 11) is 1.75. The summed E-state index contributed by atoms with van der Waals surface area (Å²) in [6.07, 6.45) is 1.24. The number of rotatable bonds is 3. The predicted molar refractivity (Wildman–Crippen MR) is 54.6 cm³/mol. The summed E-state index contributed by atoms with van der Waals surface area (Å²) < 4.78 is 31.3. The molecule has 0 aliphatic heterocycles. The average molecular weight is 224 g/mol. The monoisotopic (exact) mass is 224 g/mol. The molecule has 0 aliphatic rings. The van der Waals surface area contributed by atoms with Crippen molar-refractivity contribution in [3.05, 3.63) is 41.9 Å². The molecule has 5 heteroatoms. The number of aromatic nitrogens is 1. The van der Waals surface area contributed by atoms with E-state index in [1.165, 1.54) is 18.5 Å². The number of oxazole rings is 1. The first kappa shape index (κ1) is 10.8. The van der Waals surface area contributed by atoms with Crippen LogP contribution >= 0.6 is 0 Å². The maximum absolute atomic E-state index is 13.5. The number of nitrogens with zero attached hydrogens (tertiary/aromatic N) is 1. The normalized spacial score (nSPS) is 10.7. The summed E-state index contributed by atoms with van der Waals surface area (Å²) in [5, 5.41) is 2.89. The minimum absolute atomic E-state index is 0.212. The van der Waals surface area contributed by atoms with E-state index in [4.69, 9.17) is 4.42 Å². The topological polar surface area (TPSA) is 38.1 Å². The molecule has 16 heavy (non-hydrogen) atoms. The van der Waals surface area contributed by atoms with Crippen LogP contribution in [0.5, 0.6) is 0 Å². The van der Waals surface area contributed by atoms with E-state index < -0.39 is 11.6 Å². The molecule has 0 unspecified atom stereocenters. The van der Waals surface area contributed by atoms with Crippen LogP contribution in [0.3, 0.4) is 0 Å². The van der Waals surface area contributed by atoms with E-state index in [1.807, 2.05) is 0 Å². The van der Waals surface area contributed by atoms with Gasteiger partial charge in [0.25, 0.3) is 0 Å². The predicted octanol–water partition coefficient (Wildman–Crippen LogP) is 2.34. The zero-order chi connectivity index (χ0) is 11.5. The lowest BCUT2D eigenvalue weighted by Gasteiger charge is -2.02. The number of halogens is 2. The molecule has 3 nitrogen and oxygen atoms in total. The van der Waals surface area contributed by atoms with E-state index in [0.717, 1.165) is 6.07 Å². The summed E-state index contributed by atoms with van der Waals surface area (Å²) in [5.74, 6) is -0.947. The Morgan fingerprint density at radius 3 is 2.88 bits per heavy atom. The molecular weight excluding hydrogens is 214 g/mol. The van der Waals surface area contributed by atoms with Crippen molar-refractivity contribution in [3.63, 3.8) is 0 Å². The number of hydrogen-bond acceptors (Lipinski definition) is 3. The fourth-order valence-corrected chi connectivity index (χ4v) is 1.46. The second-order valence-electron chi connectivity index (χ2n) is 3.28. The fraction of sp³-hybridized carbons (Fsp3) is 0.182. The van der Waals surface area contributed by atoms with Gasteiger partial charge in [-0.25, -0.2) is 13.8 Å². The van der Waals surface area contributed by atoms with Crippen LogP contribution in [0.4, 0.5) is 8.78 Å². The molecule has 0 saturated heterocycles. The van der Waals surface area contributed by atoms with Crippen LogP contribution in [-0.2, 0) is 6.54 Å². The third-order valence-corrected chi connectivity index (χ3v) is 2.16.